The molecule has 3 heteroatoms. The summed E-state index contributed by atoms with van der Waals surface area (Å²) in [5, 5.41) is 0. The van der Waals surface area contributed by atoms with Crippen molar-refractivity contribution in [3.05, 3.63) is 41.8 Å². The van der Waals surface area contributed by atoms with Crippen LogP contribution in [0.5, 0.6) is 0 Å². The van der Waals surface area contributed by atoms with Gasteiger partial charge in [-0.1, -0.05) is 26.3 Å². The minimum absolute atomic E-state index is 0. The van der Waals surface area contributed by atoms with Crippen LogP contribution in [0, 0.1) is 6.42 Å². The Kier molecular flexibility index (Phi) is 18.4. The van der Waals surface area contributed by atoms with Crippen molar-refractivity contribution in [1.82, 2.24) is 0 Å². The number of rotatable bonds is 2. The van der Waals surface area contributed by atoms with Crippen LogP contribution >= 0.6 is 0 Å². The summed E-state index contributed by atoms with van der Waals surface area (Å²) in [6.45, 7) is 6.49. The molecule has 0 aliphatic heterocycles. The van der Waals surface area contributed by atoms with Gasteiger partial charge in [-0.3, -0.25) is 0 Å². The second-order valence-corrected chi connectivity index (χ2v) is 3.11. The molecule has 0 N–H and O–H groups in total. The van der Waals surface area contributed by atoms with Gasteiger partial charge < -0.3 is 0 Å². The van der Waals surface area contributed by atoms with E-state index in [-0.39, 0.29) is 98.1 Å². The molecule has 0 saturated carbocycles. The first-order valence-corrected chi connectivity index (χ1v) is 4.13. The first-order valence-electron chi connectivity index (χ1n) is 4.13. The van der Waals surface area contributed by atoms with Crippen LogP contribution in [-0.2, 0) is 98.1 Å². The smallest absolute Gasteiger partial charge is 0 e. The molecule has 0 aliphatic rings. The Morgan fingerprint density at radius 3 is 1.64 bits per heavy atom. The molecule has 1 aromatic rings. The van der Waals surface area contributed by atoms with Crippen LogP contribution in [0.3, 0.4) is 0 Å². The summed E-state index contributed by atoms with van der Waals surface area (Å²) in [5.41, 5.74) is 2.71. The van der Waals surface area contributed by atoms with Gasteiger partial charge in [0.2, 0.25) is 0 Å². The molecule has 0 heterocycles. The molecular weight excluding hydrogens is 399 g/mol. The van der Waals surface area contributed by atoms with E-state index in [2.05, 4.69) is 51.5 Å². The maximum Gasteiger partial charge on any atom is 0 e. The predicted octanol–water partition coefficient (Wildman–Crippen LogP) is 3.37. The molecular formula is C11H15Y3-. The predicted molar refractivity (Wildman–Crippen MR) is 49.6 cm³/mol. The molecule has 0 saturated heterocycles. The van der Waals surface area contributed by atoms with Crippen molar-refractivity contribution in [1.29, 1.82) is 0 Å². The molecule has 0 aromatic heterocycles. The van der Waals surface area contributed by atoms with Gasteiger partial charge in [0.25, 0.3) is 0 Å². The van der Waals surface area contributed by atoms with Gasteiger partial charge in [-0.05, 0) is 5.92 Å². The molecule has 1 aromatic carbocycles. The van der Waals surface area contributed by atoms with Gasteiger partial charge in [-0.15, -0.1) is 12.1 Å². The zero-order valence-corrected chi connectivity index (χ0v) is 17.7. The number of hydrogen-bond acceptors (Lipinski definition) is 0. The van der Waals surface area contributed by atoms with Gasteiger partial charge in [0, 0.05) is 98.1 Å². The molecule has 69 valence electrons. The fraction of sp³-hybridized carbons (Fsp3) is 0.364. The molecule has 0 bridgehead atoms. The second kappa shape index (κ2) is 11.9. The van der Waals surface area contributed by atoms with Crippen LogP contribution in [0.25, 0.3) is 0 Å². The second-order valence-electron chi connectivity index (χ2n) is 3.11. The Bertz CT molecular complexity index is 216. The van der Waals surface area contributed by atoms with E-state index in [1.807, 2.05) is 0 Å². The Balaban J connectivity index is -0.000000403. The third-order valence-electron chi connectivity index (χ3n) is 1.94. The fourth-order valence-corrected chi connectivity index (χ4v) is 1.07. The summed E-state index contributed by atoms with van der Waals surface area (Å²) in [6.07, 6.45) is 2.12. The standard InChI is InChI=1S/C11H15.3Y/c1-4-10-5-7-11(8-6-10)9(2)3;;;/h4-9H,1-3H3;;;/q-1;;;. The summed E-state index contributed by atoms with van der Waals surface area (Å²) in [5.74, 6) is 0.640. The van der Waals surface area contributed by atoms with Crippen molar-refractivity contribution < 1.29 is 98.1 Å². The van der Waals surface area contributed by atoms with Crippen LogP contribution in [0.1, 0.15) is 37.8 Å². The molecule has 0 unspecified atom stereocenters. The molecule has 0 amide bonds. The molecule has 0 fully saturated rings. The summed E-state index contributed by atoms with van der Waals surface area (Å²) in [7, 11) is 0. The normalized spacial score (nSPS) is 8.00. The van der Waals surface area contributed by atoms with Crippen LogP contribution in [0.4, 0.5) is 0 Å². The molecule has 0 spiro atoms. The van der Waals surface area contributed by atoms with E-state index in [1.165, 1.54) is 11.1 Å². The molecule has 14 heavy (non-hydrogen) atoms. The van der Waals surface area contributed by atoms with E-state index in [9.17, 15) is 0 Å². The molecule has 0 atom stereocenters. The van der Waals surface area contributed by atoms with E-state index in [0.717, 1.165) is 0 Å². The Labute approximate surface area is 163 Å². The largest absolute Gasteiger partial charge is 0.192 e. The Morgan fingerprint density at radius 2 is 1.36 bits per heavy atom. The van der Waals surface area contributed by atoms with Crippen molar-refractivity contribution in [2.24, 2.45) is 0 Å². The van der Waals surface area contributed by atoms with Crippen LogP contribution in [0.2, 0.25) is 0 Å². The first-order chi connectivity index (χ1) is 5.24. The molecule has 0 nitrogen and oxygen atoms in total. The molecule has 3 radical (unpaired) electrons. The maximum atomic E-state index is 2.21. The van der Waals surface area contributed by atoms with E-state index in [4.69, 9.17) is 0 Å². The average molecular weight is 414 g/mol. The summed E-state index contributed by atoms with van der Waals surface area (Å²) >= 11 is 0. The van der Waals surface area contributed by atoms with Crippen LogP contribution in [-0.4, -0.2) is 0 Å². The van der Waals surface area contributed by atoms with E-state index < -0.39 is 0 Å². The monoisotopic (exact) mass is 414 g/mol. The number of hydrogen-bond donors (Lipinski definition) is 0. The minimum atomic E-state index is 0. The zero-order chi connectivity index (χ0) is 8.27. The van der Waals surface area contributed by atoms with Crippen molar-refractivity contribution in [2.75, 3.05) is 0 Å². The van der Waals surface area contributed by atoms with Crippen LogP contribution < -0.4 is 0 Å². The summed E-state index contributed by atoms with van der Waals surface area (Å²) < 4.78 is 0. The molecule has 1 rings (SSSR count). The van der Waals surface area contributed by atoms with Crippen LogP contribution in [0.15, 0.2) is 24.3 Å². The fourth-order valence-electron chi connectivity index (χ4n) is 1.07. The minimum Gasteiger partial charge on any atom is -0.192 e. The molecule has 0 aliphatic carbocycles. The third-order valence-corrected chi connectivity index (χ3v) is 1.94. The van der Waals surface area contributed by atoms with Gasteiger partial charge in [-0.25, -0.2) is 0 Å². The van der Waals surface area contributed by atoms with Gasteiger partial charge in [0.1, 0.15) is 0 Å². The van der Waals surface area contributed by atoms with Gasteiger partial charge in [0.15, 0.2) is 0 Å². The topological polar surface area (TPSA) is 0 Å². The van der Waals surface area contributed by atoms with Gasteiger partial charge in [-0.2, -0.15) is 24.1 Å². The SMILES string of the molecule is C[CH-]c1ccc(C(C)C)cc1.[Y].[Y].[Y]. The number of benzene rings is 1. The van der Waals surface area contributed by atoms with E-state index in [1.54, 1.807) is 0 Å². The first kappa shape index (κ1) is 21.7. The van der Waals surface area contributed by atoms with Crippen molar-refractivity contribution in [3.8, 4) is 0 Å². The zero-order valence-electron chi connectivity index (χ0n) is 9.20. The quantitative estimate of drug-likeness (QED) is 0.652. The van der Waals surface area contributed by atoms with Crippen molar-refractivity contribution in [3.63, 3.8) is 0 Å². The van der Waals surface area contributed by atoms with Crippen molar-refractivity contribution in [2.45, 2.75) is 26.7 Å². The average Bonchev–Trinajstić information content (AvgIpc) is 2.05. The summed E-state index contributed by atoms with van der Waals surface area (Å²) in [4.78, 5) is 0. The van der Waals surface area contributed by atoms with E-state index >= 15 is 0 Å². The van der Waals surface area contributed by atoms with Gasteiger partial charge in [0.05, 0.1) is 0 Å². The third kappa shape index (κ3) is 7.64. The summed E-state index contributed by atoms with van der Waals surface area (Å²) in [6, 6.07) is 8.71. The maximum absolute atomic E-state index is 2.21. The van der Waals surface area contributed by atoms with Crippen molar-refractivity contribution >= 4 is 0 Å². The Morgan fingerprint density at radius 1 is 0.929 bits per heavy atom. The Hall–Kier alpha value is 2.40. The van der Waals surface area contributed by atoms with E-state index in [0.29, 0.717) is 5.92 Å². The van der Waals surface area contributed by atoms with Gasteiger partial charge >= 0.3 is 0 Å².